The highest BCUT2D eigenvalue weighted by atomic mass is 16.1. The molecule has 0 aliphatic rings. The third-order valence-corrected chi connectivity index (χ3v) is 2.33. The van der Waals surface area contributed by atoms with Crippen molar-refractivity contribution >= 4 is 5.91 Å². The Kier molecular flexibility index (Phi) is 5.08. The first-order valence-electron chi connectivity index (χ1n) is 5.63. The maximum Gasteiger partial charge on any atom is 0.237 e. The topological polar surface area (TPSA) is 78.7 Å². The molecule has 0 aromatic carbocycles. The third kappa shape index (κ3) is 4.19. The number of hydrogen-bond acceptors (Lipinski definition) is 4. The highest BCUT2D eigenvalue weighted by molar-refractivity contribution is 5.80. The highest BCUT2D eigenvalue weighted by Gasteiger charge is 2.16. The molecule has 1 unspecified atom stereocenters. The van der Waals surface area contributed by atoms with Crippen molar-refractivity contribution in [2.45, 2.75) is 33.2 Å². The molecule has 5 heteroatoms. The van der Waals surface area contributed by atoms with E-state index in [1.54, 1.807) is 19.2 Å². The highest BCUT2D eigenvalue weighted by Crippen LogP contribution is 2.05. The van der Waals surface area contributed by atoms with Gasteiger partial charge in [-0.15, -0.1) is 0 Å². The first-order chi connectivity index (χ1) is 8.17. The fourth-order valence-electron chi connectivity index (χ4n) is 1.45. The molecule has 0 aliphatic carbocycles. The molecule has 0 aliphatic heterocycles. The van der Waals surface area contributed by atoms with Gasteiger partial charge in [-0.1, -0.05) is 13.3 Å². The Labute approximate surface area is 101 Å². The maximum atomic E-state index is 11.6. The molecule has 1 heterocycles. The van der Waals surface area contributed by atoms with Gasteiger partial charge < -0.3 is 5.32 Å². The van der Waals surface area contributed by atoms with E-state index in [4.69, 9.17) is 5.26 Å². The van der Waals surface area contributed by atoms with Crippen molar-refractivity contribution in [3.63, 3.8) is 0 Å². The lowest BCUT2D eigenvalue weighted by molar-refractivity contribution is -0.123. The van der Waals surface area contributed by atoms with Gasteiger partial charge in [-0.3, -0.25) is 4.79 Å². The molecule has 0 saturated carbocycles. The monoisotopic (exact) mass is 232 g/mol. The van der Waals surface area contributed by atoms with Gasteiger partial charge in [0.15, 0.2) is 0 Å². The van der Waals surface area contributed by atoms with E-state index in [2.05, 4.69) is 15.3 Å². The van der Waals surface area contributed by atoms with Crippen LogP contribution in [0.3, 0.4) is 0 Å². The van der Waals surface area contributed by atoms with E-state index in [-0.39, 0.29) is 5.91 Å². The number of hydrogen-bond donors (Lipinski definition) is 1. The van der Waals surface area contributed by atoms with Crippen LogP contribution in [0.5, 0.6) is 0 Å². The van der Waals surface area contributed by atoms with Crippen LogP contribution in [-0.4, -0.2) is 15.9 Å². The van der Waals surface area contributed by atoms with Gasteiger partial charge in [-0.2, -0.15) is 5.26 Å². The minimum absolute atomic E-state index is 0.231. The zero-order valence-corrected chi connectivity index (χ0v) is 10.1. The average Bonchev–Trinajstić information content (AvgIpc) is 2.33. The molecule has 1 aromatic rings. The van der Waals surface area contributed by atoms with Crippen molar-refractivity contribution in [1.29, 1.82) is 5.26 Å². The normalized spacial score (nSPS) is 11.6. The fraction of sp³-hybridized carbons (Fsp3) is 0.500. The summed E-state index contributed by atoms with van der Waals surface area (Å²) in [6.07, 6.45) is 3.06. The molecule has 1 rings (SSSR count). The average molecular weight is 232 g/mol. The maximum absolute atomic E-state index is 11.6. The zero-order chi connectivity index (χ0) is 12.7. The van der Waals surface area contributed by atoms with E-state index >= 15 is 0 Å². The van der Waals surface area contributed by atoms with Crippen LogP contribution in [0.4, 0.5) is 0 Å². The van der Waals surface area contributed by atoms with Crippen molar-refractivity contribution in [1.82, 2.24) is 15.3 Å². The van der Waals surface area contributed by atoms with E-state index in [9.17, 15) is 4.79 Å². The summed E-state index contributed by atoms with van der Waals surface area (Å²) in [5, 5.41) is 11.5. The summed E-state index contributed by atoms with van der Waals surface area (Å²) in [5.41, 5.74) is 0.749. The molecule has 90 valence electrons. The van der Waals surface area contributed by atoms with Crippen LogP contribution < -0.4 is 5.32 Å². The van der Waals surface area contributed by atoms with Gasteiger partial charge in [-0.05, 0) is 19.4 Å². The van der Waals surface area contributed by atoms with E-state index in [0.29, 0.717) is 18.8 Å². The molecular weight excluding hydrogens is 216 g/mol. The van der Waals surface area contributed by atoms with Gasteiger partial charge in [0.2, 0.25) is 5.91 Å². The van der Waals surface area contributed by atoms with Crippen LogP contribution >= 0.6 is 0 Å². The van der Waals surface area contributed by atoms with E-state index in [1.165, 1.54) is 0 Å². The number of carbonyl (C=O) groups excluding carboxylic acids is 1. The summed E-state index contributed by atoms with van der Waals surface area (Å²) in [5.74, 6) is -0.129. The molecule has 5 nitrogen and oxygen atoms in total. The minimum atomic E-state index is -0.567. The second-order valence-corrected chi connectivity index (χ2v) is 3.78. The smallest absolute Gasteiger partial charge is 0.237 e. The van der Waals surface area contributed by atoms with Crippen LogP contribution in [0.15, 0.2) is 12.3 Å². The largest absolute Gasteiger partial charge is 0.349 e. The van der Waals surface area contributed by atoms with Crippen molar-refractivity contribution < 1.29 is 4.79 Å². The minimum Gasteiger partial charge on any atom is -0.349 e. The van der Waals surface area contributed by atoms with Gasteiger partial charge in [0.1, 0.15) is 11.7 Å². The number of aryl methyl sites for hydroxylation is 1. The molecule has 0 bridgehead atoms. The number of nitrogens with one attached hydrogen (secondary N) is 1. The molecule has 0 saturated heterocycles. The molecule has 0 spiro atoms. The SMILES string of the molecule is CCCC(C#N)C(=O)NCc1ccnc(C)n1. The Morgan fingerprint density at radius 3 is 3.00 bits per heavy atom. The van der Waals surface area contributed by atoms with Crippen LogP contribution in [0.1, 0.15) is 31.3 Å². The van der Waals surface area contributed by atoms with Crippen LogP contribution in [0.25, 0.3) is 0 Å². The fourth-order valence-corrected chi connectivity index (χ4v) is 1.45. The molecule has 1 amide bonds. The van der Waals surface area contributed by atoms with Gasteiger partial charge in [0, 0.05) is 6.20 Å². The zero-order valence-electron chi connectivity index (χ0n) is 10.1. The standard InChI is InChI=1S/C12H16N4O/c1-3-4-10(7-13)12(17)15-8-11-5-6-14-9(2)16-11/h5-6,10H,3-4,8H2,1-2H3,(H,15,17). The van der Waals surface area contributed by atoms with Crippen molar-refractivity contribution in [2.75, 3.05) is 0 Å². The van der Waals surface area contributed by atoms with E-state index < -0.39 is 5.92 Å². The Balaban J connectivity index is 2.50. The Bertz CT molecular complexity index is 425. The second-order valence-electron chi connectivity index (χ2n) is 3.78. The summed E-state index contributed by atoms with van der Waals surface area (Å²) >= 11 is 0. The molecule has 17 heavy (non-hydrogen) atoms. The van der Waals surface area contributed by atoms with Crippen LogP contribution in [-0.2, 0) is 11.3 Å². The predicted octanol–water partition coefficient (Wildman–Crippen LogP) is 1.34. The number of nitrogens with zero attached hydrogens (tertiary/aromatic N) is 3. The Morgan fingerprint density at radius 2 is 2.41 bits per heavy atom. The van der Waals surface area contributed by atoms with Gasteiger partial charge in [0.25, 0.3) is 0 Å². The van der Waals surface area contributed by atoms with Crippen molar-refractivity contribution in [3.05, 3.63) is 23.8 Å². The summed E-state index contributed by atoms with van der Waals surface area (Å²) in [7, 11) is 0. The number of carbonyl (C=O) groups is 1. The lowest BCUT2D eigenvalue weighted by Gasteiger charge is -2.08. The summed E-state index contributed by atoms with van der Waals surface area (Å²) < 4.78 is 0. The molecule has 1 aromatic heterocycles. The van der Waals surface area contributed by atoms with Crippen LogP contribution in [0.2, 0.25) is 0 Å². The summed E-state index contributed by atoms with van der Waals surface area (Å²) in [6, 6.07) is 3.75. The lowest BCUT2D eigenvalue weighted by atomic mass is 10.1. The number of amides is 1. The predicted molar refractivity (Wildman–Crippen MR) is 62.6 cm³/mol. The van der Waals surface area contributed by atoms with E-state index in [1.807, 2.05) is 13.0 Å². The van der Waals surface area contributed by atoms with Gasteiger partial charge in [0.05, 0.1) is 18.3 Å². The molecule has 0 radical (unpaired) electrons. The van der Waals surface area contributed by atoms with Gasteiger partial charge >= 0.3 is 0 Å². The third-order valence-electron chi connectivity index (χ3n) is 2.33. The van der Waals surface area contributed by atoms with E-state index in [0.717, 1.165) is 12.1 Å². The quantitative estimate of drug-likeness (QED) is 0.830. The van der Waals surface area contributed by atoms with Gasteiger partial charge in [-0.25, -0.2) is 9.97 Å². The molecular formula is C12H16N4O. The molecule has 0 fully saturated rings. The number of rotatable bonds is 5. The van der Waals surface area contributed by atoms with Crippen molar-refractivity contribution in [2.24, 2.45) is 5.92 Å². The summed E-state index contributed by atoms with van der Waals surface area (Å²) in [6.45, 7) is 4.08. The Morgan fingerprint density at radius 1 is 1.65 bits per heavy atom. The number of aromatic nitrogens is 2. The first-order valence-corrected chi connectivity index (χ1v) is 5.63. The Hall–Kier alpha value is -1.96. The number of nitriles is 1. The molecule has 1 atom stereocenters. The molecule has 1 N–H and O–H groups in total. The second kappa shape index (κ2) is 6.59. The van der Waals surface area contributed by atoms with Crippen LogP contribution in [0, 0.1) is 24.2 Å². The van der Waals surface area contributed by atoms with Crippen molar-refractivity contribution in [3.8, 4) is 6.07 Å². The first kappa shape index (κ1) is 13.1. The summed E-state index contributed by atoms with van der Waals surface area (Å²) in [4.78, 5) is 19.8. The lowest BCUT2D eigenvalue weighted by Crippen LogP contribution is -2.29.